The molecule has 1 N–H and O–H groups in total. The molecule has 3 heteroatoms. The lowest BCUT2D eigenvalue weighted by Gasteiger charge is -2.11. The zero-order chi connectivity index (χ0) is 29.5. The van der Waals surface area contributed by atoms with Gasteiger partial charge in [-0.25, -0.2) is 0 Å². The number of H-pyrrole nitrogens is 1. The molecule has 0 radical (unpaired) electrons. The van der Waals surface area contributed by atoms with Crippen molar-refractivity contribution in [2.24, 2.45) is 0 Å². The molecule has 0 unspecified atom stereocenters. The Morgan fingerprint density at radius 1 is 0.378 bits per heavy atom. The van der Waals surface area contributed by atoms with Gasteiger partial charge >= 0.3 is 0 Å². The average molecular weight is 574 g/mol. The minimum atomic E-state index is 1.15. The maximum absolute atomic E-state index is 3.86. The number of fused-ring (bicyclic) bond motifs is 10. The van der Waals surface area contributed by atoms with Gasteiger partial charge < -0.3 is 14.1 Å². The minimum absolute atomic E-state index is 1.15. The fourth-order valence-corrected chi connectivity index (χ4v) is 7.56. The van der Waals surface area contributed by atoms with Crippen LogP contribution in [0, 0.1) is 0 Å². The van der Waals surface area contributed by atoms with Crippen LogP contribution < -0.4 is 0 Å². The molecule has 0 bridgehead atoms. The second-order valence-electron chi connectivity index (χ2n) is 11.8. The molecule has 10 rings (SSSR count). The van der Waals surface area contributed by atoms with Crippen LogP contribution in [0.3, 0.4) is 0 Å². The first-order valence-electron chi connectivity index (χ1n) is 15.5. The highest BCUT2D eigenvalue weighted by atomic mass is 15.0. The monoisotopic (exact) mass is 573 g/mol. The van der Waals surface area contributed by atoms with Gasteiger partial charge in [0.1, 0.15) is 0 Å². The summed E-state index contributed by atoms with van der Waals surface area (Å²) in [6.07, 6.45) is 0. The van der Waals surface area contributed by atoms with Crippen LogP contribution in [0.2, 0.25) is 0 Å². The highest BCUT2D eigenvalue weighted by Gasteiger charge is 2.21. The largest absolute Gasteiger partial charge is 0.354 e. The maximum atomic E-state index is 3.86. The van der Waals surface area contributed by atoms with E-state index in [-0.39, 0.29) is 0 Å². The molecule has 0 amide bonds. The number of aromatic amines is 1. The minimum Gasteiger partial charge on any atom is -0.354 e. The van der Waals surface area contributed by atoms with Gasteiger partial charge in [-0.05, 0) is 71.8 Å². The summed E-state index contributed by atoms with van der Waals surface area (Å²) in [6, 6.07) is 57.1. The van der Waals surface area contributed by atoms with Crippen molar-refractivity contribution in [3.63, 3.8) is 0 Å². The fourth-order valence-electron chi connectivity index (χ4n) is 7.56. The zero-order valence-corrected chi connectivity index (χ0v) is 24.4. The number of rotatable bonds is 3. The third-order valence-electron chi connectivity index (χ3n) is 9.43. The van der Waals surface area contributed by atoms with E-state index in [1.807, 2.05) is 0 Å². The molecule has 0 spiro atoms. The number of benzene rings is 7. The van der Waals surface area contributed by atoms with Crippen molar-refractivity contribution in [2.45, 2.75) is 0 Å². The first kappa shape index (κ1) is 24.4. The van der Waals surface area contributed by atoms with Crippen LogP contribution >= 0.6 is 0 Å². The summed E-state index contributed by atoms with van der Waals surface area (Å²) in [5, 5.41) is 7.52. The average Bonchev–Trinajstić information content (AvgIpc) is 3.76. The Hall–Kier alpha value is -6.06. The number of aromatic nitrogens is 3. The van der Waals surface area contributed by atoms with E-state index >= 15 is 0 Å². The highest BCUT2D eigenvalue weighted by molar-refractivity contribution is 6.29. The van der Waals surface area contributed by atoms with Crippen LogP contribution in [-0.2, 0) is 0 Å². The highest BCUT2D eigenvalue weighted by Crippen LogP contribution is 2.45. The smallest absolute Gasteiger partial charge is 0.0572 e. The van der Waals surface area contributed by atoms with E-state index in [0.717, 1.165) is 11.2 Å². The first-order valence-corrected chi connectivity index (χ1v) is 15.5. The van der Waals surface area contributed by atoms with Crippen molar-refractivity contribution >= 4 is 65.4 Å². The maximum Gasteiger partial charge on any atom is 0.0572 e. The van der Waals surface area contributed by atoms with Gasteiger partial charge in [-0.15, -0.1) is 0 Å². The van der Waals surface area contributed by atoms with Gasteiger partial charge in [-0.3, -0.25) is 0 Å². The molecule has 0 aliphatic heterocycles. The molecule has 210 valence electrons. The van der Waals surface area contributed by atoms with Crippen LogP contribution in [0.15, 0.2) is 158 Å². The summed E-state index contributed by atoms with van der Waals surface area (Å²) in [5.74, 6) is 0. The van der Waals surface area contributed by atoms with Crippen molar-refractivity contribution in [3.05, 3.63) is 158 Å². The van der Waals surface area contributed by atoms with Gasteiger partial charge in [0.2, 0.25) is 0 Å². The predicted octanol–water partition coefficient (Wildman–Crippen LogP) is 11.2. The summed E-state index contributed by atoms with van der Waals surface area (Å²) in [6.45, 7) is 0. The second-order valence-corrected chi connectivity index (χ2v) is 11.8. The third kappa shape index (κ3) is 3.41. The van der Waals surface area contributed by atoms with E-state index in [1.165, 1.54) is 76.7 Å². The van der Waals surface area contributed by atoms with Gasteiger partial charge in [0.15, 0.2) is 0 Å². The van der Waals surface area contributed by atoms with Gasteiger partial charge in [-0.2, -0.15) is 0 Å². The van der Waals surface area contributed by atoms with E-state index < -0.39 is 0 Å². The lowest BCUT2D eigenvalue weighted by atomic mass is 9.95. The molecule has 45 heavy (non-hydrogen) atoms. The molecule has 0 saturated carbocycles. The van der Waals surface area contributed by atoms with Crippen molar-refractivity contribution in [2.75, 3.05) is 0 Å². The summed E-state index contributed by atoms with van der Waals surface area (Å²) >= 11 is 0. The Balaban J connectivity index is 1.36. The molecule has 3 nitrogen and oxygen atoms in total. The summed E-state index contributed by atoms with van der Waals surface area (Å²) in [7, 11) is 0. The van der Waals surface area contributed by atoms with Crippen molar-refractivity contribution < 1.29 is 0 Å². The summed E-state index contributed by atoms with van der Waals surface area (Å²) < 4.78 is 4.80. The number of nitrogens with one attached hydrogen (secondary N) is 1. The SMILES string of the molecule is c1ccc(-n2c3ccccc3c3cc(-c4cc5c(c6ccccc6n5-c5ccccc5)c5[nH]c6ccccc6c45)ccc32)cc1. The van der Waals surface area contributed by atoms with Crippen molar-refractivity contribution in [1.82, 2.24) is 14.1 Å². The van der Waals surface area contributed by atoms with E-state index in [4.69, 9.17) is 0 Å². The summed E-state index contributed by atoms with van der Waals surface area (Å²) in [5.41, 5.74) is 11.9. The van der Waals surface area contributed by atoms with Gasteiger partial charge in [0.05, 0.1) is 27.6 Å². The topological polar surface area (TPSA) is 25.6 Å². The van der Waals surface area contributed by atoms with Crippen LogP contribution in [0.4, 0.5) is 0 Å². The van der Waals surface area contributed by atoms with E-state index in [0.29, 0.717) is 0 Å². The number of hydrogen-bond donors (Lipinski definition) is 1. The quantitative estimate of drug-likeness (QED) is 0.218. The Morgan fingerprint density at radius 2 is 0.933 bits per heavy atom. The molecule has 0 aliphatic carbocycles. The number of para-hydroxylation sites is 5. The van der Waals surface area contributed by atoms with Crippen LogP contribution in [-0.4, -0.2) is 14.1 Å². The third-order valence-corrected chi connectivity index (χ3v) is 9.43. The zero-order valence-electron chi connectivity index (χ0n) is 24.4. The Labute approximate surface area is 259 Å². The van der Waals surface area contributed by atoms with Gasteiger partial charge in [-0.1, -0.05) is 97.1 Å². The normalized spacial score (nSPS) is 12.0. The molecule has 0 aliphatic rings. The van der Waals surface area contributed by atoms with E-state index in [1.54, 1.807) is 0 Å². The van der Waals surface area contributed by atoms with Crippen LogP contribution in [0.25, 0.3) is 87.9 Å². The summed E-state index contributed by atoms with van der Waals surface area (Å²) in [4.78, 5) is 3.86. The lowest BCUT2D eigenvalue weighted by Crippen LogP contribution is -1.94. The van der Waals surface area contributed by atoms with Gasteiger partial charge in [0, 0.05) is 49.2 Å². The lowest BCUT2D eigenvalue weighted by molar-refractivity contribution is 1.18. The molecule has 0 fully saturated rings. The molecule has 7 aromatic carbocycles. The second kappa shape index (κ2) is 9.22. The van der Waals surface area contributed by atoms with Crippen molar-refractivity contribution in [3.8, 4) is 22.5 Å². The van der Waals surface area contributed by atoms with Crippen molar-refractivity contribution in [1.29, 1.82) is 0 Å². The number of hydrogen-bond acceptors (Lipinski definition) is 0. The molecular formula is C42H27N3. The molecule has 3 aromatic heterocycles. The molecule has 10 aromatic rings. The Bertz CT molecular complexity index is 2740. The predicted molar refractivity (Wildman–Crippen MR) is 190 cm³/mol. The Kier molecular flexibility index (Phi) is 5.00. The van der Waals surface area contributed by atoms with E-state index in [2.05, 4.69) is 172 Å². The molecule has 0 atom stereocenters. The Morgan fingerprint density at radius 3 is 1.67 bits per heavy atom. The molecule has 0 saturated heterocycles. The first-order chi connectivity index (χ1) is 22.3. The van der Waals surface area contributed by atoms with Crippen LogP contribution in [0.5, 0.6) is 0 Å². The van der Waals surface area contributed by atoms with Gasteiger partial charge in [0.25, 0.3) is 0 Å². The molecular weight excluding hydrogens is 546 g/mol. The van der Waals surface area contributed by atoms with E-state index in [9.17, 15) is 0 Å². The fraction of sp³-hybridized carbons (Fsp3) is 0. The standard InChI is InChI=1S/C42H27N3/c1-3-13-28(14-4-1)44-36-21-11-8-17-30(36)34-25-27(23-24-38(34)44)33-26-39-41(42-40(33)31-18-7-10-20-35(31)43-42)32-19-9-12-22-37(32)45(39)29-15-5-2-6-16-29/h1-26,43H. The molecule has 3 heterocycles. The number of nitrogens with zero attached hydrogens (tertiary/aromatic N) is 2. The van der Waals surface area contributed by atoms with Crippen LogP contribution in [0.1, 0.15) is 0 Å².